The molecule has 0 spiro atoms. The third-order valence-corrected chi connectivity index (χ3v) is 18.8. The summed E-state index contributed by atoms with van der Waals surface area (Å²) in [5.41, 5.74) is 21.4. The van der Waals surface area contributed by atoms with Crippen molar-refractivity contribution in [2.24, 2.45) is 9.98 Å². The van der Waals surface area contributed by atoms with Crippen LogP contribution in [-0.4, -0.2) is 41.6 Å². The average Bonchev–Trinajstić information content (AvgIpc) is 1.62. The van der Waals surface area contributed by atoms with Gasteiger partial charge in [-0.1, -0.05) is 170 Å². The number of fused-ring (bicyclic) bond motifs is 2. The maximum Gasteiger partial charge on any atom is 0.162 e. The number of hydrogen-bond acceptors (Lipinski definition) is 12. The first kappa shape index (κ1) is 59.9. The summed E-state index contributed by atoms with van der Waals surface area (Å²) in [5, 5.41) is 33.5. The van der Waals surface area contributed by atoms with Crippen molar-refractivity contribution in [3.63, 3.8) is 0 Å². The van der Waals surface area contributed by atoms with Gasteiger partial charge in [0.15, 0.2) is 11.6 Å². The molecular weight excluding hydrogens is 1250 g/mol. The topological polar surface area (TPSA) is 180 Å². The van der Waals surface area contributed by atoms with Gasteiger partial charge in [0.25, 0.3) is 0 Å². The molecule has 4 aromatic heterocycles. The standard InChI is InChI=1S/C88H54N14/c89-51-75(57-33-41-67(42-34-57)101(63-17-3-1-4-18-63)65-37-29-55(30-38-65)61-49-73(69-21-11-27-79-83(69)93-47-45-91-79)85(95-53-61)99-87-71-23-7-13-59-15-9-25-77(97-87)81(59)71)76(52-90)58-35-43-68(44-36-58)102(64-19-5-2-6-20-64)66-39-31-56(32-40-66)62-50-74(70-22-12-28-80-84(70)94-48-46-92-80)86(96-54-62)100-88-72-24-8-14-60-16-10-26-78(98-88)82(60)72/h1-50,53-54H,(H,95,97,99)(H,96,98,100)/b76-75+. The first-order valence-corrected chi connectivity index (χ1v) is 33.3. The average molecular weight is 1310 g/mol. The second-order valence-electron chi connectivity index (χ2n) is 24.7. The highest BCUT2D eigenvalue weighted by molar-refractivity contribution is 6.28. The minimum atomic E-state index is 0.260. The lowest BCUT2D eigenvalue weighted by Gasteiger charge is -2.26. The molecule has 0 radical (unpaired) electrons. The monoisotopic (exact) mass is 1310 g/mol. The molecule has 2 aliphatic rings. The predicted molar refractivity (Wildman–Crippen MR) is 411 cm³/mol. The van der Waals surface area contributed by atoms with Gasteiger partial charge in [-0.3, -0.25) is 19.9 Å². The summed E-state index contributed by atoms with van der Waals surface area (Å²) >= 11 is 0. The molecule has 14 nitrogen and oxygen atoms in total. The smallest absolute Gasteiger partial charge is 0.162 e. The Morgan fingerprint density at radius 1 is 0.314 bits per heavy atom. The van der Waals surface area contributed by atoms with Gasteiger partial charge in [-0.15, -0.1) is 0 Å². The summed E-state index contributed by atoms with van der Waals surface area (Å²) in [4.78, 5) is 43.8. The summed E-state index contributed by atoms with van der Waals surface area (Å²) in [6.07, 6.45) is 10.6. The van der Waals surface area contributed by atoms with Crippen LogP contribution in [0.15, 0.2) is 326 Å². The zero-order chi connectivity index (χ0) is 68.0. The molecule has 0 aliphatic carbocycles. The van der Waals surface area contributed by atoms with E-state index in [0.29, 0.717) is 22.8 Å². The maximum atomic E-state index is 10.9. The van der Waals surface area contributed by atoms with E-state index < -0.39 is 0 Å². The number of nitrogens with zero attached hydrogens (tertiary/aromatic N) is 12. The number of aliphatic imine (C=N–C) groups is 2. The van der Waals surface area contributed by atoms with E-state index in [1.165, 1.54) is 0 Å². The fourth-order valence-corrected chi connectivity index (χ4v) is 14.0. The highest BCUT2D eigenvalue weighted by atomic mass is 15.1. The van der Waals surface area contributed by atoms with E-state index >= 15 is 0 Å². The number of rotatable bonds is 14. The third kappa shape index (κ3) is 10.8. The second kappa shape index (κ2) is 25.4. The van der Waals surface area contributed by atoms with E-state index in [9.17, 15) is 10.5 Å². The zero-order valence-electron chi connectivity index (χ0n) is 54.4. The summed E-state index contributed by atoms with van der Waals surface area (Å²) in [6, 6.07) is 98.8. The number of nitriles is 2. The Kier molecular flexibility index (Phi) is 14.9. The molecule has 0 amide bonds. The molecule has 2 N–H and O–H groups in total. The summed E-state index contributed by atoms with van der Waals surface area (Å²) in [6.45, 7) is 0. The number of nitrogens with one attached hydrogen (secondary N) is 2. The number of pyridine rings is 2. The maximum absolute atomic E-state index is 10.9. The van der Waals surface area contributed by atoms with Crippen molar-refractivity contribution in [3.8, 4) is 56.6 Å². The number of anilines is 8. The highest BCUT2D eigenvalue weighted by Gasteiger charge is 2.25. The molecule has 0 saturated carbocycles. The Morgan fingerprint density at radius 2 is 0.667 bits per heavy atom. The molecule has 16 aromatic rings. The molecule has 18 rings (SSSR count). The van der Waals surface area contributed by atoms with Crippen molar-refractivity contribution in [3.05, 3.63) is 338 Å². The Labute approximate surface area is 586 Å². The van der Waals surface area contributed by atoms with Crippen molar-refractivity contribution < 1.29 is 0 Å². The van der Waals surface area contributed by atoms with Crippen molar-refractivity contribution in [2.75, 3.05) is 20.4 Å². The van der Waals surface area contributed by atoms with Crippen molar-refractivity contribution in [1.29, 1.82) is 10.5 Å². The Balaban J connectivity index is 0.635. The van der Waals surface area contributed by atoms with Crippen LogP contribution in [0.5, 0.6) is 0 Å². The first-order valence-electron chi connectivity index (χ1n) is 33.3. The van der Waals surface area contributed by atoms with Crippen LogP contribution in [0, 0.1) is 22.7 Å². The van der Waals surface area contributed by atoms with Crippen LogP contribution < -0.4 is 20.4 Å². The highest BCUT2D eigenvalue weighted by Crippen LogP contribution is 2.45. The van der Waals surface area contributed by atoms with E-state index in [4.69, 9.17) is 29.9 Å². The van der Waals surface area contributed by atoms with E-state index in [1.807, 2.05) is 134 Å². The van der Waals surface area contributed by atoms with E-state index in [1.54, 1.807) is 24.8 Å². The van der Waals surface area contributed by atoms with Gasteiger partial charge in [-0.05, 0) is 142 Å². The largest absolute Gasteiger partial charge is 0.339 e. The quantitative estimate of drug-likeness (QED) is 0.0778. The zero-order valence-corrected chi connectivity index (χ0v) is 54.4. The molecule has 14 heteroatoms. The normalized spacial score (nSPS) is 13.0. The summed E-state index contributed by atoms with van der Waals surface area (Å²) < 4.78 is 0. The van der Waals surface area contributed by atoms with E-state index in [0.717, 1.165) is 156 Å². The molecule has 102 heavy (non-hydrogen) atoms. The summed E-state index contributed by atoms with van der Waals surface area (Å²) in [7, 11) is 0. The lowest BCUT2D eigenvalue weighted by Crippen LogP contribution is -2.10. The third-order valence-electron chi connectivity index (χ3n) is 18.8. The van der Waals surface area contributed by atoms with Crippen LogP contribution >= 0.6 is 0 Å². The van der Waals surface area contributed by atoms with Gasteiger partial charge in [-0.25, -0.2) is 20.0 Å². The molecule has 0 unspecified atom stereocenters. The molecular formula is C88H54N14. The Bertz CT molecular complexity index is 5800. The van der Waals surface area contributed by atoms with Crippen molar-refractivity contribution in [1.82, 2.24) is 29.9 Å². The second-order valence-corrected chi connectivity index (χ2v) is 24.7. The van der Waals surface area contributed by atoms with Gasteiger partial charge in [-0.2, -0.15) is 10.5 Å². The van der Waals surface area contributed by atoms with Crippen LogP contribution in [0.1, 0.15) is 22.3 Å². The molecule has 2 aliphatic heterocycles. The number of amidine groups is 2. The number of allylic oxidation sites excluding steroid dienone is 2. The predicted octanol–water partition coefficient (Wildman–Crippen LogP) is 21.2. The molecule has 0 atom stereocenters. The fourth-order valence-electron chi connectivity index (χ4n) is 14.0. The lowest BCUT2D eigenvalue weighted by molar-refractivity contribution is 1.26. The SMILES string of the molecule is N#C/C(=C(/C#N)c1ccc(N(c2ccccc2)c2ccc(-c3cnc(/N=C4\Nc5cccc6cccc4c56)c(-c4cccc5nccnc45)c3)cc2)cc1)c1ccc(N(c2ccccc2)c2ccc(-c3cnc(/N=C4\Nc5cccc6cccc4c56)c(-c4cccc5nccnc45)c3)cc2)cc1. The minimum Gasteiger partial charge on any atom is -0.339 e. The number of aromatic nitrogens is 6. The molecule has 0 bridgehead atoms. The fraction of sp³-hybridized carbons (Fsp3) is 0. The molecule has 0 saturated heterocycles. The molecule has 476 valence electrons. The van der Waals surface area contributed by atoms with Gasteiger partial charge >= 0.3 is 0 Å². The molecule has 6 heterocycles. The van der Waals surface area contributed by atoms with Crippen LogP contribution in [0.4, 0.5) is 57.1 Å². The lowest BCUT2D eigenvalue weighted by atomic mass is 9.95. The van der Waals surface area contributed by atoms with E-state index in [2.05, 4.69) is 200 Å². The number of hydrogen-bond donors (Lipinski definition) is 2. The van der Waals surface area contributed by atoms with Crippen molar-refractivity contribution >= 4 is 124 Å². The first-order chi connectivity index (χ1) is 50.5. The van der Waals surface area contributed by atoms with Gasteiger partial charge in [0.05, 0.1) is 33.2 Å². The summed E-state index contributed by atoms with van der Waals surface area (Å²) in [5.74, 6) is 2.56. The molecule has 0 fully saturated rings. The van der Waals surface area contributed by atoms with Gasteiger partial charge in [0.2, 0.25) is 0 Å². The van der Waals surface area contributed by atoms with Gasteiger partial charge in [0, 0.05) is 138 Å². The van der Waals surface area contributed by atoms with Crippen LogP contribution in [0.2, 0.25) is 0 Å². The van der Waals surface area contributed by atoms with Crippen molar-refractivity contribution in [2.45, 2.75) is 0 Å². The number of benzene rings is 12. The molecule has 12 aromatic carbocycles. The van der Waals surface area contributed by atoms with Gasteiger partial charge < -0.3 is 20.4 Å². The Hall–Kier alpha value is -14.6. The van der Waals surface area contributed by atoms with Crippen LogP contribution in [-0.2, 0) is 0 Å². The Morgan fingerprint density at radius 3 is 1.07 bits per heavy atom. The van der Waals surface area contributed by atoms with Crippen LogP contribution in [0.25, 0.3) is 99.3 Å². The minimum absolute atomic E-state index is 0.260. The van der Waals surface area contributed by atoms with Crippen LogP contribution in [0.3, 0.4) is 0 Å². The van der Waals surface area contributed by atoms with E-state index in [-0.39, 0.29) is 11.1 Å². The number of para-hydroxylation sites is 4. The van der Waals surface area contributed by atoms with Gasteiger partial charge in [0.1, 0.15) is 23.8 Å².